The maximum atomic E-state index is 13.4. The summed E-state index contributed by atoms with van der Waals surface area (Å²) in [5.74, 6) is -0.0464. The summed E-state index contributed by atoms with van der Waals surface area (Å²) in [6, 6.07) is 17.5. The van der Waals surface area contributed by atoms with Gasteiger partial charge in [-0.3, -0.25) is 9.59 Å². The van der Waals surface area contributed by atoms with Crippen molar-refractivity contribution in [3.63, 3.8) is 0 Å². The first-order chi connectivity index (χ1) is 14.4. The van der Waals surface area contributed by atoms with Crippen LogP contribution in [-0.4, -0.2) is 25.5 Å². The number of rotatable bonds is 7. The highest BCUT2D eigenvalue weighted by Gasteiger charge is 2.10. The molecule has 0 bridgehead atoms. The molecule has 3 aromatic carbocycles. The summed E-state index contributed by atoms with van der Waals surface area (Å²) in [6.45, 7) is 1.59. The largest absolute Gasteiger partial charge is 0.497 e. The number of hydrogen-bond acceptors (Lipinski definition) is 4. The van der Waals surface area contributed by atoms with Gasteiger partial charge in [0.2, 0.25) is 0 Å². The van der Waals surface area contributed by atoms with Crippen molar-refractivity contribution in [2.24, 2.45) is 0 Å². The molecule has 30 heavy (non-hydrogen) atoms. The zero-order valence-electron chi connectivity index (χ0n) is 16.6. The Morgan fingerprint density at radius 2 is 1.70 bits per heavy atom. The van der Waals surface area contributed by atoms with Crippen LogP contribution >= 0.6 is 0 Å². The molecule has 0 aliphatic carbocycles. The smallest absolute Gasteiger partial charge is 0.262 e. The Bertz CT molecular complexity index is 1050. The van der Waals surface area contributed by atoms with Gasteiger partial charge in [0.15, 0.2) is 6.61 Å². The summed E-state index contributed by atoms with van der Waals surface area (Å²) in [5, 5.41) is 5.39. The van der Waals surface area contributed by atoms with E-state index < -0.39 is 5.82 Å². The molecule has 3 aromatic rings. The van der Waals surface area contributed by atoms with Gasteiger partial charge in [-0.2, -0.15) is 0 Å². The molecule has 0 saturated heterocycles. The van der Waals surface area contributed by atoms with Crippen LogP contribution in [0, 0.1) is 12.7 Å². The minimum atomic E-state index is -0.424. The number of halogens is 1. The molecule has 0 aromatic heterocycles. The predicted octanol–water partition coefficient (Wildman–Crippen LogP) is 4.41. The lowest BCUT2D eigenvalue weighted by Gasteiger charge is -2.10. The molecule has 0 saturated carbocycles. The van der Waals surface area contributed by atoms with Gasteiger partial charge < -0.3 is 20.1 Å². The third kappa shape index (κ3) is 5.57. The van der Waals surface area contributed by atoms with Crippen molar-refractivity contribution in [2.75, 3.05) is 24.4 Å². The van der Waals surface area contributed by atoms with E-state index in [1.807, 2.05) is 0 Å². The fraction of sp³-hybridized carbons (Fsp3) is 0.130. The molecule has 0 unspecified atom stereocenters. The Labute approximate surface area is 173 Å². The second-order valence-electron chi connectivity index (χ2n) is 6.51. The van der Waals surface area contributed by atoms with Gasteiger partial charge in [-0.15, -0.1) is 0 Å². The van der Waals surface area contributed by atoms with E-state index in [0.717, 1.165) is 5.56 Å². The van der Waals surface area contributed by atoms with Gasteiger partial charge in [-0.1, -0.05) is 12.1 Å². The molecule has 0 radical (unpaired) electrons. The maximum Gasteiger partial charge on any atom is 0.262 e. The Hall–Kier alpha value is -3.87. The number of aryl methyl sites for hydroxylation is 1. The van der Waals surface area contributed by atoms with Crippen LogP contribution < -0.4 is 20.1 Å². The number of anilines is 2. The molecule has 0 atom stereocenters. The van der Waals surface area contributed by atoms with Crippen LogP contribution in [-0.2, 0) is 4.79 Å². The summed E-state index contributed by atoms with van der Waals surface area (Å²) < 4.78 is 23.9. The number of carbonyl (C=O) groups is 2. The number of amides is 2. The number of ether oxygens (including phenoxy) is 2. The van der Waals surface area contributed by atoms with E-state index in [1.165, 1.54) is 12.1 Å². The topological polar surface area (TPSA) is 76.7 Å². The molecule has 2 amide bonds. The highest BCUT2D eigenvalue weighted by Crippen LogP contribution is 2.19. The molecule has 0 fully saturated rings. The lowest BCUT2D eigenvalue weighted by Crippen LogP contribution is -2.20. The highest BCUT2D eigenvalue weighted by atomic mass is 19.1. The first-order valence-corrected chi connectivity index (χ1v) is 9.19. The monoisotopic (exact) mass is 408 g/mol. The third-order valence-corrected chi connectivity index (χ3v) is 4.29. The van der Waals surface area contributed by atoms with Crippen molar-refractivity contribution in [1.29, 1.82) is 0 Å². The van der Waals surface area contributed by atoms with Gasteiger partial charge in [0.25, 0.3) is 11.8 Å². The summed E-state index contributed by atoms with van der Waals surface area (Å²) in [7, 11) is 1.55. The molecule has 6 nitrogen and oxygen atoms in total. The molecule has 0 aliphatic heterocycles. The van der Waals surface area contributed by atoms with E-state index in [-0.39, 0.29) is 18.4 Å². The van der Waals surface area contributed by atoms with E-state index >= 15 is 0 Å². The third-order valence-electron chi connectivity index (χ3n) is 4.29. The second-order valence-corrected chi connectivity index (χ2v) is 6.51. The first kappa shape index (κ1) is 20.9. The molecular formula is C23H21FN2O4. The normalized spacial score (nSPS) is 10.2. The number of methoxy groups -OCH3 is 1. The van der Waals surface area contributed by atoms with E-state index in [0.29, 0.717) is 28.4 Å². The van der Waals surface area contributed by atoms with Crippen LogP contribution in [0.1, 0.15) is 15.9 Å². The van der Waals surface area contributed by atoms with Crippen molar-refractivity contribution in [1.82, 2.24) is 0 Å². The van der Waals surface area contributed by atoms with Gasteiger partial charge in [-0.25, -0.2) is 4.39 Å². The zero-order chi connectivity index (χ0) is 21.5. The fourth-order valence-electron chi connectivity index (χ4n) is 2.67. The fourth-order valence-corrected chi connectivity index (χ4v) is 2.67. The minimum Gasteiger partial charge on any atom is -0.497 e. The average Bonchev–Trinajstić information content (AvgIpc) is 2.75. The van der Waals surface area contributed by atoms with Crippen molar-refractivity contribution < 1.29 is 23.5 Å². The van der Waals surface area contributed by atoms with Gasteiger partial charge in [0, 0.05) is 23.0 Å². The zero-order valence-corrected chi connectivity index (χ0v) is 16.6. The van der Waals surface area contributed by atoms with Crippen LogP contribution in [0.2, 0.25) is 0 Å². The van der Waals surface area contributed by atoms with Crippen LogP contribution in [0.15, 0.2) is 66.7 Å². The summed E-state index contributed by atoms with van der Waals surface area (Å²) in [5.41, 5.74) is 2.15. The Balaban J connectivity index is 1.54. The van der Waals surface area contributed by atoms with Crippen molar-refractivity contribution in [3.8, 4) is 11.5 Å². The lowest BCUT2D eigenvalue weighted by molar-refractivity contribution is -0.118. The Morgan fingerprint density at radius 3 is 2.43 bits per heavy atom. The summed E-state index contributed by atoms with van der Waals surface area (Å²) >= 11 is 0. The molecule has 0 spiro atoms. The van der Waals surface area contributed by atoms with E-state index in [9.17, 15) is 14.0 Å². The number of hydrogen-bond donors (Lipinski definition) is 2. The minimum absolute atomic E-state index is 0.189. The van der Waals surface area contributed by atoms with Gasteiger partial charge in [-0.05, 0) is 61.0 Å². The molecule has 7 heteroatoms. The standard InChI is InChI=1S/C23H21FN2O4/c1-15-6-9-17(24)12-21(15)26-23(28)16-7-10-19(11-8-16)30-14-22(27)25-18-4-3-5-20(13-18)29-2/h3-13H,14H2,1-2H3,(H,25,27)(H,26,28). The molecule has 3 rings (SSSR count). The van der Waals surface area contributed by atoms with Crippen molar-refractivity contribution in [3.05, 3.63) is 83.7 Å². The van der Waals surface area contributed by atoms with Gasteiger partial charge in [0.05, 0.1) is 7.11 Å². The highest BCUT2D eigenvalue weighted by molar-refractivity contribution is 6.04. The lowest BCUT2D eigenvalue weighted by atomic mass is 10.1. The predicted molar refractivity (Wildman–Crippen MR) is 113 cm³/mol. The average molecular weight is 408 g/mol. The van der Waals surface area contributed by atoms with E-state index in [1.54, 1.807) is 68.6 Å². The first-order valence-electron chi connectivity index (χ1n) is 9.19. The Morgan fingerprint density at radius 1 is 0.933 bits per heavy atom. The number of nitrogens with one attached hydrogen (secondary N) is 2. The number of carbonyl (C=O) groups excluding carboxylic acids is 2. The maximum absolute atomic E-state index is 13.4. The molecule has 154 valence electrons. The summed E-state index contributed by atoms with van der Waals surface area (Å²) in [4.78, 5) is 24.4. The molecular weight excluding hydrogens is 387 g/mol. The molecule has 0 heterocycles. The van der Waals surface area contributed by atoms with Crippen LogP contribution in [0.5, 0.6) is 11.5 Å². The van der Waals surface area contributed by atoms with Crippen molar-refractivity contribution >= 4 is 23.2 Å². The van der Waals surface area contributed by atoms with E-state index in [4.69, 9.17) is 9.47 Å². The molecule has 0 aliphatic rings. The van der Waals surface area contributed by atoms with Crippen LogP contribution in [0.3, 0.4) is 0 Å². The SMILES string of the molecule is COc1cccc(NC(=O)COc2ccc(C(=O)Nc3cc(F)ccc3C)cc2)c1. The van der Waals surface area contributed by atoms with Crippen LogP contribution in [0.4, 0.5) is 15.8 Å². The number of benzene rings is 3. The van der Waals surface area contributed by atoms with Crippen molar-refractivity contribution in [2.45, 2.75) is 6.92 Å². The summed E-state index contributed by atoms with van der Waals surface area (Å²) in [6.07, 6.45) is 0. The Kier molecular flexibility index (Phi) is 6.64. The van der Waals surface area contributed by atoms with Gasteiger partial charge >= 0.3 is 0 Å². The van der Waals surface area contributed by atoms with Gasteiger partial charge in [0.1, 0.15) is 17.3 Å². The second kappa shape index (κ2) is 9.56. The quantitative estimate of drug-likeness (QED) is 0.607. The van der Waals surface area contributed by atoms with Crippen LogP contribution in [0.25, 0.3) is 0 Å². The molecule has 2 N–H and O–H groups in total. The van der Waals surface area contributed by atoms with E-state index in [2.05, 4.69) is 10.6 Å².